The van der Waals surface area contributed by atoms with Crippen molar-refractivity contribution in [2.45, 2.75) is 6.92 Å². The first-order valence-corrected chi connectivity index (χ1v) is 5.18. The van der Waals surface area contributed by atoms with Crippen molar-refractivity contribution in [3.05, 3.63) is 28.7 Å². The van der Waals surface area contributed by atoms with Gasteiger partial charge < -0.3 is 10.6 Å². The van der Waals surface area contributed by atoms with Crippen LogP contribution in [0.5, 0.6) is 0 Å². The molecule has 1 aromatic carbocycles. The SMILES string of the molecule is CC(=O)N(CCN)c1ccc(Br)cc1. The third kappa shape index (κ3) is 2.82. The standard InChI is InChI=1S/C10H13BrN2O/c1-8(14)13(7-6-12)10-4-2-9(11)3-5-10/h2-5H,6-7,12H2,1H3. The van der Waals surface area contributed by atoms with Crippen LogP contribution < -0.4 is 10.6 Å². The Morgan fingerprint density at radius 1 is 1.43 bits per heavy atom. The van der Waals surface area contributed by atoms with E-state index in [1.165, 1.54) is 6.92 Å². The van der Waals surface area contributed by atoms with E-state index < -0.39 is 0 Å². The molecule has 1 rings (SSSR count). The minimum absolute atomic E-state index is 0.0118. The second-order valence-corrected chi connectivity index (χ2v) is 3.85. The van der Waals surface area contributed by atoms with Crippen LogP contribution in [0.15, 0.2) is 28.7 Å². The summed E-state index contributed by atoms with van der Waals surface area (Å²) < 4.78 is 0.998. The quantitative estimate of drug-likeness (QED) is 0.896. The number of rotatable bonds is 3. The topological polar surface area (TPSA) is 46.3 Å². The van der Waals surface area contributed by atoms with Crippen molar-refractivity contribution in [1.82, 2.24) is 0 Å². The fourth-order valence-corrected chi connectivity index (χ4v) is 1.48. The number of hydrogen-bond donors (Lipinski definition) is 1. The van der Waals surface area contributed by atoms with Crippen LogP contribution in [-0.2, 0) is 4.79 Å². The van der Waals surface area contributed by atoms with E-state index in [4.69, 9.17) is 5.73 Å². The van der Waals surface area contributed by atoms with Crippen LogP contribution in [0.25, 0.3) is 0 Å². The van der Waals surface area contributed by atoms with Crippen molar-refractivity contribution in [2.75, 3.05) is 18.0 Å². The van der Waals surface area contributed by atoms with Crippen molar-refractivity contribution in [3.8, 4) is 0 Å². The molecule has 0 saturated carbocycles. The number of carbonyl (C=O) groups is 1. The van der Waals surface area contributed by atoms with Gasteiger partial charge in [0.15, 0.2) is 0 Å². The normalized spacial score (nSPS) is 9.93. The molecule has 3 nitrogen and oxygen atoms in total. The number of nitrogens with zero attached hydrogens (tertiary/aromatic N) is 1. The molecule has 0 saturated heterocycles. The predicted octanol–water partition coefficient (Wildman–Crippen LogP) is 1.76. The molecule has 1 amide bonds. The van der Waals surface area contributed by atoms with E-state index in [1.807, 2.05) is 24.3 Å². The second-order valence-electron chi connectivity index (χ2n) is 2.94. The van der Waals surface area contributed by atoms with Gasteiger partial charge in [0.1, 0.15) is 0 Å². The minimum Gasteiger partial charge on any atom is -0.329 e. The number of hydrogen-bond acceptors (Lipinski definition) is 2. The Kier molecular flexibility index (Phi) is 4.10. The highest BCUT2D eigenvalue weighted by Crippen LogP contribution is 2.18. The molecule has 0 spiro atoms. The highest BCUT2D eigenvalue weighted by Gasteiger charge is 2.09. The largest absolute Gasteiger partial charge is 0.329 e. The van der Waals surface area contributed by atoms with Crippen molar-refractivity contribution in [1.29, 1.82) is 0 Å². The van der Waals surface area contributed by atoms with Crippen molar-refractivity contribution < 1.29 is 4.79 Å². The van der Waals surface area contributed by atoms with E-state index in [0.717, 1.165) is 10.2 Å². The molecule has 0 aromatic heterocycles. The number of nitrogens with two attached hydrogens (primary N) is 1. The Labute approximate surface area is 92.0 Å². The zero-order valence-electron chi connectivity index (χ0n) is 8.03. The van der Waals surface area contributed by atoms with Gasteiger partial charge in [-0.25, -0.2) is 0 Å². The summed E-state index contributed by atoms with van der Waals surface area (Å²) in [6.07, 6.45) is 0. The molecule has 0 aliphatic carbocycles. The fourth-order valence-electron chi connectivity index (χ4n) is 1.22. The van der Waals surface area contributed by atoms with Gasteiger partial charge in [0.2, 0.25) is 5.91 Å². The predicted molar refractivity (Wildman–Crippen MR) is 61.2 cm³/mol. The molecule has 0 bridgehead atoms. The lowest BCUT2D eigenvalue weighted by Crippen LogP contribution is -2.33. The van der Waals surface area contributed by atoms with Crippen LogP contribution in [-0.4, -0.2) is 19.0 Å². The summed E-state index contributed by atoms with van der Waals surface area (Å²) in [5.41, 5.74) is 6.31. The molecule has 2 N–H and O–H groups in total. The van der Waals surface area contributed by atoms with Crippen molar-refractivity contribution in [3.63, 3.8) is 0 Å². The number of benzene rings is 1. The second kappa shape index (κ2) is 5.12. The number of carbonyl (C=O) groups excluding carboxylic acids is 1. The third-order valence-electron chi connectivity index (χ3n) is 1.87. The lowest BCUT2D eigenvalue weighted by molar-refractivity contribution is -0.116. The first-order valence-electron chi connectivity index (χ1n) is 4.39. The van der Waals surface area contributed by atoms with Crippen LogP contribution in [0.1, 0.15) is 6.92 Å². The zero-order chi connectivity index (χ0) is 10.6. The van der Waals surface area contributed by atoms with Gasteiger partial charge in [0, 0.05) is 30.2 Å². The average Bonchev–Trinajstić information content (AvgIpc) is 2.15. The van der Waals surface area contributed by atoms with Crippen molar-refractivity contribution in [2.24, 2.45) is 5.73 Å². The molecule has 4 heteroatoms. The van der Waals surface area contributed by atoms with E-state index in [0.29, 0.717) is 13.1 Å². The summed E-state index contributed by atoms with van der Waals surface area (Å²) in [5.74, 6) is 0.0118. The summed E-state index contributed by atoms with van der Waals surface area (Å²) in [6.45, 7) is 2.56. The molecule has 0 atom stereocenters. The van der Waals surface area contributed by atoms with Crippen molar-refractivity contribution >= 4 is 27.5 Å². The lowest BCUT2D eigenvalue weighted by atomic mass is 10.3. The smallest absolute Gasteiger partial charge is 0.223 e. The van der Waals surface area contributed by atoms with Gasteiger partial charge in [-0.1, -0.05) is 15.9 Å². The first kappa shape index (κ1) is 11.2. The van der Waals surface area contributed by atoms with Gasteiger partial charge in [-0.2, -0.15) is 0 Å². The molecule has 0 heterocycles. The zero-order valence-corrected chi connectivity index (χ0v) is 9.62. The highest BCUT2D eigenvalue weighted by atomic mass is 79.9. The Bertz CT molecular complexity index is 310. The maximum Gasteiger partial charge on any atom is 0.223 e. The molecule has 0 unspecified atom stereocenters. The Hall–Kier alpha value is -0.870. The fraction of sp³-hybridized carbons (Fsp3) is 0.300. The summed E-state index contributed by atoms with van der Waals surface area (Å²) in [5, 5.41) is 0. The molecule has 1 aromatic rings. The van der Waals surface area contributed by atoms with Gasteiger partial charge in [-0.3, -0.25) is 4.79 Å². The van der Waals surface area contributed by atoms with E-state index in [1.54, 1.807) is 4.90 Å². The molecule has 14 heavy (non-hydrogen) atoms. The maximum atomic E-state index is 11.3. The van der Waals surface area contributed by atoms with Gasteiger partial charge in [-0.15, -0.1) is 0 Å². The van der Waals surface area contributed by atoms with Gasteiger partial charge >= 0.3 is 0 Å². The summed E-state index contributed by atoms with van der Waals surface area (Å²) in [7, 11) is 0. The number of halogens is 1. The molecule has 0 aliphatic rings. The van der Waals surface area contributed by atoms with Crippen LogP contribution in [0.4, 0.5) is 5.69 Å². The van der Waals surface area contributed by atoms with Gasteiger partial charge in [0.25, 0.3) is 0 Å². The molecule has 0 aliphatic heterocycles. The van der Waals surface area contributed by atoms with E-state index >= 15 is 0 Å². The Morgan fingerprint density at radius 3 is 2.43 bits per heavy atom. The van der Waals surface area contributed by atoms with E-state index in [9.17, 15) is 4.79 Å². The van der Waals surface area contributed by atoms with E-state index in [2.05, 4.69) is 15.9 Å². The maximum absolute atomic E-state index is 11.3. The summed E-state index contributed by atoms with van der Waals surface area (Å²) in [6, 6.07) is 7.59. The number of amides is 1. The third-order valence-corrected chi connectivity index (χ3v) is 2.40. The van der Waals surface area contributed by atoms with Crippen LogP contribution in [0.3, 0.4) is 0 Å². The number of anilines is 1. The molecule has 76 valence electrons. The minimum atomic E-state index is 0.0118. The highest BCUT2D eigenvalue weighted by molar-refractivity contribution is 9.10. The summed E-state index contributed by atoms with van der Waals surface area (Å²) >= 11 is 3.34. The van der Waals surface area contributed by atoms with Crippen LogP contribution >= 0.6 is 15.9 Å². The van der Waals surface area contributed by atoms with E-state index in [-0.39, 0.29) is 5.91 Å². The Morgan fingerprint density at radius 2 is 2.00 bits per heavy atom. The molecule has 0 radical (unpaired) electrons. The molecular formula is C10H13BrN2O. The van der Waals surface area contributed by atoms with Gasteiger partial charge in [0.05, 0.1) is 0 Å². The van der Waals surface area contributed by atoms with Gasteiger partial charge in [-0.05, 0) is 24.3 Å². The average molecular weight is 257 g/mol. The molecule has 0 fully saturated rings. The first-order chi connectivity index (χ1) is 6.65. The van der Waals surface area contributed by atoms with Crippen LogP contribution in [0, 0.1) is 0 Å². The Balaban J connectivity index is 2.87. The summed E-state index contributed by atoms with van der Waals surface area (Å²) in [4.78, 5) is 12.9. The van der Waals surface area contributed by atoms with Crippen LogP contribution in [0.2, 0.25) is 0 Å². The monoisotopic (exact) mass is 256 g/mol. The lowest BCUT2D eigenvalue weighted by Gasteiger charge is -2.20. The molecular weight excluding hydrogens is 244 g/mol.